The Morgan fingerprint density at radius 1 is 1.43 bits per heavy atom. The highest BCUT2D eigenvalue weighted by Gasteiger charge is 2.19. The summed E-state index contributed by atoms with van der Waals surface area (Å²) in [6.45, 7) is 6.00. The fourth-order valence-electron chi connectivity index (χ4n) is 1.68. The van der Waals surface area contributed by atoms with E-state index in [-0.39, 0.29) is 16.5 Å². The van der Waals surface area contributed by atoms with Crippen molar-refractivity contribution in [2.24, 2.45) is 0 Å². The van der Waals surface area contributed by atoms with Crippen LogP contribution in [0.25, 0.3) is 0 Å². The molecule has 0 spiro atoms. The summed E-state index contributed by atoms with van der Waals surface area (Å²) in [5.41, 5.74) is 1.41. The van der Waals surface area contributed by atoms with Crippen molar-refractivity contribution >= 4 is 33.8 Å². The van der Waals surface area contributed by atoms with E-state index in [1.807, 2.05) is 26.8 Å². The van der Waals surface area contributed by atoms with Crippen LogP contribution >= 0.6 is 22.9 Å². The van der Waals surface area contributed by atoms with Crippen molar-refractivity contribution in [3.8, 4) is 6.07 Å². The standard InChI is InChI=1S/C15H14ClN3OS/c1-15(2,3)11-6-10(7-12(16)18-11)13(20)19-14-9(8-17)4-5-21-14/h4-7H,1-3H3,(H,19,20). The van der Waals surface area contributed by atoms with Gasteiger partial charge in [0.15, 0.2) is 0 Å². The third-order valence-electron chi connectivity index (χ3n) is 2.84. The number of nitrogens with zero attached hydrogens (tertiary/aromatic N) is 2. The topological polar surface area (TPSA) is 65.8 Å². The first-order valence-corrected chi connectivity index (χ1v) is 7.54. The molecule has 0 unspecified atom stereocenters. The van der Waals surface area contributed by atoms with Gasteiger partial charge in [0.2, 0.25) is 0 Å². The van der Waals surface area contributed by atoms with Crippen LogP contribution in [0.4, 0.5) is 5.00 Å². The largest absolute Gasteiger partial charge is 0.312 e. The second kappa shape index (κ2) is 5.84. The van der Waals surface area contributed by atoms with Gasteiger partial charge in [0.1, 0.15) is 16.2 Å². The van der Waals surface area contributed by atoms with Crippen LogP contribution in [0.5, 0.6) is 0 Å². The molecule has 0 bridgehead atoms. The van der Waals surface area contributed by atoms with Gasteiger partial charge in [0.05, 0.1) is 5.56 Å². The van der Waals surface area contributed by atoms with E-state index in [2.05, 4.69) is 10.3 Å². The van der Waals surface area contributed by atoms with Gasteiger partial charge in [-0.2, -0.15) is 5.26 Å². The minimum atomic E-state index is -0.302. The maximum absolute atomic E-state index is 12.3. The Hall–Kier alpha value is -1.90. The van der Waals surface area contributed by atoms with E-state index < -0.39 is 0 Å². The molecule has 2 aromatic heterocycles. The Morgan fingerprint density at radius 3 is 2.76 bits per heavy atom. The lowest BCUT2D eigenvalue weighted by Gasteiger charge is -2.18. The third kappa shape index (κ3) is 3.60. The number of nitrogens with one attached hydrogen (secondary N) is 1. The van der Waals surface area contributed by atoms with E-state index in [4.69, 9.17) is 16.9 Å². The van der Waals surface area contributed by atoms with Gasteiger partial charge in [-0.15, -0.1) is 11.3 Å². The average molecular weight is 320 g/mol. The van der Waals surface area contributed by atoms with E-state index in [1.54, 1.807) is 17.5 Å². The molecule has 21 heavy (non-hydrogen) atoms. The minimum Gasteiger partial charge on any atom is -0.312 e. The normalized spacial score (nSPS) is 11.0. The number of anilines is 1. The van der Waals surface area contributed by atoms with Crippen molar-refractivity contribution in [2.45, 2.75) is 26.2 Å². The molecule has 0 saturated carbocycles. The van der Waals surface area contributed by atoms with Crippen molar-refractivity contribution in [1.29, 1.82) is 5.26 Å². The van der Waals surface area contributed by atoms with Gasteiger partial charge in [-0.05, 0) is 23.6 Å². The number of hydrogen-bond donors (Lipinski definition) is 1. The molecule has 0 aliphatic rings. The van der Waals surface area contributed by atoms with Gasteiger partial charge < -0.3 is 5.32 Å². The summed E-state index contributed by atoms with van der Waals surface area (Å²) < 4.78 is 0. The molecule has 1 amide bonds. The third-order valence-corrected chi connectivity index (χ3v) is 3.86. The molecular formula is C15H14ClN3OS. The quantitative estimate of drug-likeness (QED) is 0.843. The maximum Gasteiger partial charge on any atom is 0.256 e. The summed E-state index contributed by atoms with van der Waals surface area (Å²) in [6, 6.07) is 6.95. The summed E-state index contributed by atoms with van der Waals surface area (Å²) in [6.07, 6.45) is 0. The molecule has 2 rings (SSSR count). The molecule has 4 nitrogen and oxygen atoms in total. The number of halogens is 1. The highest BCUT2D eigenvalue weighted by Crippen LogP contribution is 2.26. The van der Waals surface area contributed by atoms with E-state index in [9.17, 15) is 4.79 Å². The molecule has 0 saturated heterocycles. The van der Waals surface area contributed by atoms with Crippen molar-refractivity contribution in [2.75, 3.05) is 5.32 Å². The van der Waals surface area contributed by atoms with E-state index in [0.29, 0.717) is 16.1 Å². The number of rotatable bonds is 2. The van der Waals surface area contributed by atoms with Crippen molar-refractivity contribution in [3.05, 3.63) is 45.6 Å². The lowest BCUT2D eigenvalue weighted by molar-refractivity contribution is 0.102. The second-order valence-electron chi connectivity index (χ2n) is 5.54. The molecule has 0 fully saturated rings. The van der Waals surface area contributed by atoms with Crippen LogP contribution in [0.3, 0.4) is 0 Å². The Kier molecular flexibility index (Phi) is 4.31. The van der Waals surface area contributed by atoms with E-state index >= 15 is 0 Å². The summed E-state index contributed by atoms with van der Waals surface area (Å²) in [7, 11) is 0. The summed E-state index contributed by atoms with van der Waals surface area (Å²) in [4.78, 5) is 16.6. The van der Waals surface area contributed by atoms with Gasteiger partial charge >= 0.3 is 0 Å². The Labute approximate surface area is 132 Å². The number of thiophene rings is 1. The van der Waals surface area contributed by atoms with Crippen molar-refractivity contribution in [3.63, 3.8) is 0 Å². The summed E-state index contributed by atoms with van der Waals surface area (Å²) in [5.74, 6) is -0.302. The number of aromatic nitrogens is 1. The van der Waals surface area contributed by atoms with Crippen LogP contribution < -0.4 is 5.32 Å². The fourth-order valence-corrected chi connectivity index (χ4v) is 2.62. The number of carbonyl (C=O) groups is 1. The lowest BCUT2D eigenvalue weighted by atomic mass is 9.91. The zero-order valence-corrected chi connectivity index (χ0v) is 13.5. The molecule has 0 aliphatic heterocycles. The molecule has 1 N–H and O–H groups in total. The molecule has 108 valence electrons. The monoisotopic (exact) mass is 319 g/mol. The highest BCUT2D eigenvalue weighted by molar-refractivity contribution is 7.14. The summed E-state index contributed by atoms with van der Waals surface area (Å²) >= 11 is 7.31. The first kappa shape index (κ1) is 15.5. The Bertz CT molecular complexity index is 725. The summed E-state index contributed by atoms with van der Waals surface area (Å²) in [5, 5.41) is 14.3. The van der Waals surface area contributed by atoms with Crippen molar-refractivity contribution in [1.82, 2.24) is 4.98 Å². The fraction of sp³-hybridized carbons (Fsp3) is 0.267. The van der Waals surface area contributed by atoms with Crippen LogP contribution in [0.2, 0.25) is 5.15 Å². The number of hydrogen-bond acceptors (Lipinski definition) is 4. The van der Waals surface area contributed by atoms with Gasteiger partial charge in [0.25, 0.3) is 5.91 Å². The number of pyridine rings is 1. The smallest absolute Gasteiger partial charge is 0.256 e. The van der Waals surface area contributed by atoms with Crippen LogP contribution in [0.1, 0.15) is 42.4 Å². The Balaban J connectivity index is 2.32. The molecule has 6 heteroatoms. The zero-order chi connectivity index (χ0) is 15.6. The first-order chi connectivity index (χ1) is 9.81. The van der Waals surface area contributed by atoms with Gasteiger partial charge in [-0.1, -0.05) is 32.4 Å². The molecule has 0 aromatic carbocycles. The zero-order valence-electron chi connectivity index (χ0n) is 11.9. The van der Waals surface area contributed by atoms with E-state index in [0.717, 1.165) is 5.69 Å². The molecule has 0 radical (unpaired) electrons. The molecule has 2 heterocycles. The number of nitriles is 1. The number of carbonyl (C=O) groups excluding carboxylic acids is 1. The molecule has 0 atom stereocenters. The lowest BCUT2D eigenvalue weighted by Crippen LogP contribution is -2.17. The molecule has 0 aliphatic carbocycles. The first-order valence-electron chi connectivity index (χ1n) is 6.28. The Morgan fingerprint density at radius 2 is 2.14 bits per heavy atom. The van der Waals surface area contributed by atoms with Crippen LogP contribution in [0, 0.1) is 11.3 Å². The van der Waals surface area contributed by atoms with Crippen LogP contribution in [-0.4, -0.2) is 10.9 Å². The SMILES string of the molecule is CC(C)(C)c1cc(C(=O)Nc2sccc2C#N)cc(Cl)n1. The second-order valence-corrected chi connectivity index (χ2v) is 6.85. The highest BCUT2D eigenvalue weighted by atomic mass is 35.5. The van der Waals surface area contributed by atoms with Gasteiger partial charge in [-0.3, -0.25) is 4.79 Å². The van der Waals surface area contributed by atoms with Gasteiger partial charge in [0, 0.05) is 16.7 Å². The number of amides is 1. The van der Waals surface area contributed by atoms with Crippen LogP contribution in [-0.2, 0) is 5.41 Å². The minimum absolute atomic E-state index is 0.208. The predicted molar refractivity (Wildman–Crippen MR) is 84.9 cm³/mol. The maximum atomic E-state index is 12.3. The molecular weight excluding hydrogens is 306 g/mol. The predicted octanol–water partition coefficient (Wildman–Crippen LogP) is 4.22. The van der Waals surface area contributed by atoms with Crippen LogP contribution in [0.15, 0.2) is 23.6 Å². The van der Waals surface area contributed by atoms with Crippen molar-refractivity contribution < 1.29 is 4.79 Å². The van der Waals surface area contributed by atoms with E-state index in [1.165, 1.54) is 17.4 Å². The average Bonchev–Trinajstić information content (AvgIpc) is 2.84. The van der Waals surface area contributed by atoms with Gasteiger partial charge in [-0.25, -0.2) is 4.98 Å². The molecule has 2 aromatic rings.